The van der Waals surface area contributed by atoms with Gasteiger partial charge in [-0.2, -0.15) is 0 Å². The first-order chi connectivity index (χ1) is 2.56. The summed E-state index contributed by atoms with van der Waals surface area (Å²) in [6, 6.07) is 0. The van der Waals surface area contributed by atoms with E-state index in [9.17, 15) is 0 Å². The van der Waals surface area contributed by atoms with Crippen LogP contribution < -0.4 is 0 Å². The predicted octanol–water partition coefficient (Wildman–Crippen LogP) is 1.70. The SMILES string of the molecule is CC(C)(C)[N+]#[13C-]. The Labute approximate surface area is 38.8 Å². The number of nitrogens with zero attached hydrogens (tertiary/aromatic N) is 1. The molecular formula is C5H9N. The first-order valence-corrected chi connectivity index (χ1v) is 1.95. The Kier molecular flexibility index (Phi) is 1.19. The smallest absolute Gasteiger partial charge is 0.224 e. The molecule has 0 unspecified atom stereocenters. The van der Waals surface area contributed by atoms with E-state index in [0.717, 1.165) is 0 Å². The van der Waals surface area contributed by atoms with Crippen LogP contribution >= 0.6 is 0 Å². The number of hydrogen-bond acceptors (Lipinski definition) is 0. The van der Waals surface area contributed by atoms with Crippen LogP contribution in [-0.4, -0.2) is 5.54 Å². The van der Waals surface area contributed by atoms with Crippen LogP contribution in [0.5, 0.6) is 0 Å². The van der Waals surface area contributed by atoms with Crippen LogP contribution in [0.2, 0.25) is 0 Å². The number of hydrogen-bond donors (Lipinski definition) is 0. The molecule has 1 nitrogen and oxygen atoms in total. The van der Waals surface area contributed by atoms with Crippen molar-refractivity contribution in [2.24, 2.45) is 0 Å². The second-order valence-corrected chi connectivity index (χ2v) is 2.28. The Hall–Kier alpha value is -0.510. The Morgan fingerprint density at radius 2 is 1.50 bits per heavy atom. The van der Waals surface area contributed by atoms with Gasteiger partial charge in [-0.05, 0) is 0 Å². The molecule has 0 spiro atoms. The van der Waals surface area contributed by atoms with Gasteiger partial charge in [0.05, 0.1) is 0 Å². The maximum Gasteiger partial charge on any atom is 0.224 e. The van der Waals surface area contributed by atoms with Gasteiger partial charge in [0.25, 0.3) is 0 Å². The van der Waals surface area contributed by atoms with Crippen molar-refractivity contribution in [3.8, 4) is 0 Å². The standard InChI is InChI=1S/C5H9N/c1-5(2,3)6-4/h1-3H3/i4+1. The molecule has 0 aliphatic heterocycles. The molecule has 0 aliphatic carbocycles. The van der Waals surface area contributed by atoms with Crippen LogP contribution in [0.4, 0.5) is 0 Å². The lowest BCUT2D eigenvalue weighted by Gasteiger charge is -1.97. The summed E-state index contributed by atoms with van der Waals surface area (Å²) in [6.07, 6.45) is 0. The van der Waals surface area contributed by atoms with Gasteiger partial charge in [-0.1, -0.05) is 0 Å². The summed E-state index contributed by atoms with van der Waals surface area (Å²) in [7, 11) is 0. The second kappa shape index (κ2) is 1.30. The Morgan fingerprint density at radius 3 is 1.50 bits per heavy atom. The van der Waals surface area contributed by atoms with Crippen molar-refractivity contribution < 1.29 is 0 Å². The fraction of sp³-hybridized carbons (Fsp3) is 0.800. The fourth-order valence-corrected chi connectivity index (χ4v) is 0. The van der Waals surface area contributed by atoms with Crippen molar-refractivity contribution >= 4 is 0 Å². The third kappa shape index (κ3) is 3.49. The molecule has 0 radical (unpaired) electrons. The topological polar surface area (TPSA) is 4.36 Å². The van der Waals surface area contributed by atoms with Gasteiger partial charge in [0.1, 0.15) is 0 Å². The van der Waals surface area contributed by atoms with Gasteiger partial charge in [-0.15, -0.1) is 0 Å². The summed E-state index contributed by atoms with van der Waals surface area (Å²) < 4.78 is 0. The van der Waals surface area contributed by atoms with E-state index in [4.69, 9.17) is 6.57 Å². The van der Waals surface area contributed by atoms with E-state index in [1.165, 1.54) is 0 Å². The van der Waals surface area contributed by atoms with Gasteiger partial charge in [0.2, 0.25) is 5.54 Å². The molecule has 0 heterocycles. The lowest BCUT2D eigenvalue weighted by Crippen LogP contribution is -2.04. The maximum atomic E-state index is 6.48. The third-order valence-corrected chi connectivity index (χ3v) is 0.335. The third-order valence-electron chi connectivity index (χ3n) is 0.335. The quantitative estimate of drug-likeness (QED) is 0.311. The van der Waals surface area contributed by atoms with Crippen molar-refractivity contribution in [3.05, 3.63) is 11.4 Å². The van der Waals surface area contributed by atoms with Crippen LogP contribution in [0, 0.1) is 6.57 Å². The maximum absolute atomic E-state index is 6.48. The van der Waals surface area contributed by atoms with E-state index in [-0.39, 0.29) is 5.54 Å². The molecule has 6 heavy (non-hydrogen) atoms. The Morgan fingerprint density at radius 1 is 1.33 bits per heavy atom. The Balaban J connectivity index is 3.55. The van der Waals surface area contributed by atoms with Crippen LogP contribution in [-0.2, 0) is 0 Å². The van der Waals surface area contributed by atoms with Gasteiger partial charge < -0.3 is 4.85 Å². The van der Waals surface area contributed by atoms with Crippen molar-refractivity contribution in [3.63, 3.8) is 0 Å². The summed E-state index contributed by atoms with van der Waals surface area (Å²) in [5.74, 6) is 0. The van der Waals surface area contributed by atoms with Crippen LogP contribution in [0.15, 0.2) is 0 Å². The minimum atomic E-state index is -0.167. The summed E-state index contributed by atoms with van der Waals surface area (Å²) in [4.78, 5) is 3.27. The average molecular weight is 84.1 g/mol. The molecule has 0 saturated carbocycles. The highest BCUT2D eigenvalue weighted by molar-refractivity contribution is 4.82. The van der Waals surface area contributed by atoms with Crippen LogP contribution in [0.1, 0.15) is 20.8 Å². The minimum absolute atomic E-state index is 0.167. The normalized spacial score (nSPS) is 10.3. The highest BCUT2D eigenvalue weighted by Crippen LogP contribution is 2.03. The van der Waals surface area contributed by atoms with E-state index < -0.39 is 0 Å². The van der Waals surface area contributed by atoms with Gasteiger partial charge in [0, 0.05) is 20.8 Å². The first kappa shape index (κ1) is 5.49. The van der Waals surface area contributed by atoms with Crippen molar-refractivity contribution in [1.29, 1.82) is 0 Å². The average Bonchev–Trinajstić information content (AvgIpc) is 1.35. The molecule has 0 N–H and O–H groups in total. The zero-order valence-corrected chi connectivity index (χ0v) is 4.45. The van der Waals surface area contributed by atoms with Gasteiger partial charge in [-0.3, -0.25) is 0 Å². The van der Waals surface area contributed by atoms with Crippen molar-refractivity contribution in [2.75, 3.05) is 0 Å². The summed E-state index contributed by atoms with van der Waals surface area (Å²) in [5, 5.41) is 0. The van der Waals surface area contributed by atoms with Crippen LogP contribution in [0.3, 0.4) is 0 Å². The van der Waals surface area contributed by atoms with E-state index in [2.05, 4.69) is 4.85 Å². The zero-order chi connectivity index (χ0) is 5.21. The summed E-state index contributed by atoms with van der Waals surface area (Å²) in [6.45, 7) is 12.1. The molecule has 0 fully saturated rings. The first-order valence-electron chi connectivity index (χ1n) is 1.95. The van der Waals surface area contributed by atoms with Gasteiger partial charge in [-0.25, -0.2) is 6.57 Å². The molecule has 0 saturated heterocycles. The second-order valence-electron chi connectivity index (χ2n) is 2.28. The molecule has 0 atom stereocenters. The molecule has 0 aliphatic rings. The fourth-order valence-electron chi connectivity index (χ4n) is 0. The summed E-state index contributed by atoms with van der Waals surface area (Å²) >= 11 is 0. The van der Waals surface area contributed by atoms with Crippen molar-refractivity contribution in [1.82, 2.24) is 0 Å². The molecule has 1 heteroatoms. The van der Waals surface area contributed by atoms with Crippen LogP contribution in [0.25, 0.3) is 4.85 Å². The lowest BCUT2D eigenvalue weighted by atomic mass is 10.1. The largest absolute Gasteiger partial charge is 0.311 e. The van der Waals surface area contributed by atoms with E-state index >= 15 is 0 Å². The van der Waals surface area contributed by atoms with Crippen molar-refractivity contribution in [2.45, 2.75) is 26.3 Å². The molecule has 0 amide bonds. The van der Waals surface area contributed by atoms with E-state index in [0.29, 0.717) is 0 Å². The minimum Gasteiger partial charge on any atom is -0.311 e. The Bertz CT molecular complexity index is 70.9. The highest BCUT2D eigenvalue weighted by atomic mass is 14.8. The van der Waals surface area contributed by atoms with E-state index in [1.807, 2.05) is 20.8 Å². The monoisotopic (exact) mass is 84.1 g/mol. The predicted molar refractivity (Wildman–Crippen MR) is 26.4 cm³/mol. The van der Waals surface area contributed by atoms with Gasteiger partial charge in [0.15, 0.2) is 0 Å². The molecule has 0 aromatic heterocycles. The summed E-state index contributed by atoms with van der Waals surface area (Å²) in [5.41, 5.74) is -0.167. The molecule has 0 rings (SSSR count). The molecule has 0 aromatic rings. The number of rotatable bonds is 0. The molecular weight excluding hydrogens is 75.1 g/mol. The zero-order valence-electron chi connectivity index (χ0n) is 4.45. The lowest BCUT2D eigenvalue weighted by molar-refractivity contribution is 0.688. The highest BCUT2D eigenvalue weighted by Gasteiger charge is 2.10. The molecule has 34 valence electrons. The van der Waals surface area contributed by atoms with E-state index in [1.54, 1.807) is 0 Å². The molecule has 0 aromatic carbocycles. The van der Waals surface area contributed by atoms with Gasteiger partial charge >= 0.3 is 0 Å². The molecule has 0 bridgehead atoms.